The molecule has 0 amide bonds. The topological polar surface area (TPSA) is 110 Å². The molecule has 1 aromatic rings. The van der Waals surface area contributed by atoms with Crippen molar-refractivity contribution < 1.29 is 16.8 Å². The molecule has 3 N–H and O–H groups in total. The molecule has 0 bridgehead atoms. The molecule has 1 heterocycles. The summed E-state index contributed by atoms with van der Waals surface area (Å²) in [4.78, 5) is 2.13. The first kappa shape index (κ1) is 15.7. The second-order valence-corrected chi connectivity index (χ2v) is 9.39. The van der Waals surface area contributed by atoms with Crippen LogP contribution in [0.25, 0.3) is 0 Å². The Balaban J connectivity index is 1.72. The van der Waals surface area contributed by atoms with Gasteiger partial charge < -0.3 is 4.90 Å². The number of hydrogen-bond donors (Lipinski definition) is 2. The van der Waals surface area contributed by atoms with Gasteiger partial charge in [-0.2, -0.15) is 0 Å². The van der Waals surface area contributed by atoms with Crippen LogP contribution in [-0.4, -0.2) is 41.2 Å². The zero-order valence-electron chi connectivity index (χ0n) is 12.0. The molecule has 0 spiro atoms. The number of rotatable bonds is 5. The van der Waals surface area contributed by atoms with Crippen molar-refractivity contribution in [3.63, 3.8) is 0 Å². The van der Waals surface area contributed by atoms with Crippen molar-refractivity contribution in [3.8, 4) is 0 Å². The van der Waals surface area contributed by atoms with Crippen molar-refractivity contribution in [1.82, 2.24) is 4.72 Å². The van der Waals surface area contributed by atoms with Crippen LogP contribution in [0.3, 0.4) is 0 Å². The fourth-order valence-corrected chi connectivity index (χ4v) is 4.68. The molecule has 122 valence electrons. The van der Waals surface area contributed by atoms with E-state index in [1.807, 2.05) is 4.90 Å². The number of benzene rings is 1. The van der Waals surface area contributed by atoms with E-state index in [4.69, 9.17) is 5.14 Å². The fourth-order valence-electron chi connectivity index (χ4n) is 2.56. The minimum atomic E-state index is -3.53. The summed E-state index contributed by atoms with van der Waals surface area (Å²) in [6.07, 6.45) is 2.27. The van der Waals surface area contributed by atoms with Crippen LogP contribution in [0.2, 0.25) is 0 Å². The normalized spacial score (nSPS) is 23.0. The lowest BCUT2D eigenvalue weighted by Crippen LogP contribution is -2.31. The van der Waals surface area contributed by atoms with Crippen LogP contribution in [0.1, 0.15) is 19.3 Å². The van der Waals surface area contributed by atoms with E-state index in [0.29, 0.717) is 19.5 Å². The summed E-state index contributed by atoms with van der Waals surface area (Å²) in [7, 11) is -6.98. The molecule has 3 rings (SSSR count). The van der Waals surface area contributed by atoms with Gasteiger partial charge in [0.1, 0.15) is 0 Å². The van der Waals surface area contributed by atoms with Gasteiger partial charge in [-0.25, -0.2) is 26.7 Å². The average molecular weight is 345 g/mol. The third-order valence-electron chi connectivity index (χ3n) is 4.02. The van der Waals surface area contributed by atoms with E-state index >= 15 is 0 Å². The summed E-state index contributed by atoms with van der Waals surface area (Å²) in [5.41, 5.74) is 0.802. The molecular formula is C13H19N3O4S2. The van der Waals surface area contributed by atoms with Gasteiger partial charge >= 0.3 is 0 Å². The monoisotopic (exact) mass is 345 g/mol. The maximum atomic E-state index is 12.1. The highest BCUT2D eigenvalue weighted by Gasteiger charge is 2.31. The van der Waals surface area contributed by atoms with Gasteiger partial charge in [0.15, 0.2) is 0 Å². The molecule has 1 saturated carbocycles. The first-order valence-electron chi connectivity index (χ1n) is 7.15. The summed E-state index contributed by atoms with van der Waals surface area (Å²) >= 11 is 0. The lowest BCUT2D eigenvalue weighted by atomic mass is 10.3. The van der Waals surface area contributed by atoms with Gasteiger partial charge in [-0.05, 0) is 43.5 Å². The molecule has 0 unspecified atom stereocenters. The van der Waals surface area contributed by atoms with Crippen LogP contribution in [0.5, 0.6) is 0 Å². The van der Waals surface area contributed by atoms with Crippen LogP contribution in [0, 0.1) is 0 Å². The summed E-state index contributed by atoms with van der Waals surface area (Å²) in [5, 5.41) is 4.61. The predicted octanol–water partition coefficient (Wildman–Crippen LogP) is -0.00550. The van der Waals surface area contributed by atoms with E-state index in [-0.39, 0.29) is 10.9 Å². The van der Waals surface area contributed by atoms with E-state index in [1.165, 1.54) is 0 Å². The SMILES string of the molecule is NS(=O)(=O)[C@@H]1CCN(c2ccc(S(=O)(=O)NC3CC3)cc2)C1. The molecule has 22 heavy (non-hydrogen) atoms. The molecule has 1 aliphatic carbocycles. The van der Waals surface area contributed by atoms with Gasteiger partial charge in [-0.15, -0.1) is 0 Å². The minimum Gasteiger partial charge on any atom is -0.370 e. The van der Waals surface area contributed by atoms with Crippen molar-refractivity contribution >= 4 is 25.7 Å². The second-order valence-electron chi connectivity index (χ2n) is 5.84. The van der Waals surface area contributed by atoms with Gasteiger partial charge in [0, 0.05) is 24.8 Å². The third-order valence-corrected chi connectivity index (χ3v) is 6.87. The molecule has 0 aromatic heterocycles. The first-order chi connectivity index (χ1) is 10.3. The smallest absolute Gasteiger partial charge is 0.240 e. The number of anilines is 1. The number of sulfonamides is 2. The largest absolute Gasteiger partial charge is 0.370 e. The Hall–Kier alpha value is -1.16. The zero-order chi connectivity index (χ0) is 16.0. The van der Waals surface area contributed by atoms with E-state index in [1.54, 1.807) is 24.3 Å². The molecule has 2 fully saturated rings. The van der Waals surface area contributed by atoms with Gasteiger partial charge in [-0.1, -0.05) is 0 Å². The molecule has 2 aliphatic rings. The van der Waals surface area contributed by atoms with E-state index in [0.717, 1.165) is 18.5 Å². The van der Waals surface area contributed by atoms with E-state index in [2.05, 4.69) is 4.72 Å². The molecule has 0 radical (unpaired) electrons. The lowest BCUT2D eigenvalue weighted by molar-refractivity contribution is 0.580. The van der Waals surface area contributed by atoms with Gasteiger partial charge in [0.2, 0.25) is 20.0 Å². The number of nitrogens with two attached hydrogens (primary N) is 1. The Morgan fingerprint density at radius 1 is 1.05 bits per heavy atom. The minimum absolute atomic E-state index is 0.0683. The molecule has 1 atom stereocenters. The number of nitrogens with zero attached hydrogens (tertiary/aromatic N) is 1. The Bertz CT molecular complexity index is 755. The molecular weight excluding hydrogens is 326 g/mol. The quantitative estimate of drug-likeness (QED) is 0.780. The maximum Gasteiger partial charge on any atom is 0.240 e. The summed E-state index contributed by atoms with van der Waals surface area (Å²) in [5.74, 6) is 0. The Labute approximate surface area is 130 Å². The molecule has 1 aromatic carbocycles. The van der Waals surface area contributed by atoms with Crippen molar-refractivity contribution in [2.24, 2.45) is 5.14 Å². The Kier molecular flexibility index (Phi) is 3.92. The maximum absolute atomic E-state index is 12.1. The summed E-state index contributed by atoms with van der Waals surface area (Å²) in [6, 6.07) is 6.56. The highest BCUT2D eigenvalue weighted by molar-refractivity contribution is 7.90. The predicted molar refractivity (Wildman–Crippen MR) is 83.5 cm³/mol. The molecule has 1 aliphatic heterocycles. The van der Waals surface area contributed by atoms with E-state index < -0.39 is 25.3 Å². The highest BCUT2D eigenvalue weighted by atomic mass is 32.2. The average Bonchev–Trinajstić information content (AvgIpc) is 3.08. The van der Waals surface area contributed by atoms with Gasteiger partial charge in [0.05, 0.1) is 10.1 Å². The molecule has 1 saturated heterocycles. The third kappa shape index (κ3) is 3.43. The first-order valence-corrected chi connectivity index (χ1v) is 10.2. The van der Waals surface area contributed by atoms with Crippen molar-refractivity contribution in [2.45, 2.75) is 35.4 Å². The molecule has 7 nitrogen and oxygen atoms in total. The van der Waals surface area contributed by atoms with Crippen LogP contribution in [0.4, 0.5) is 5.69 Å². The van der Waals surface area contributed by atoms with Gasteiger partial charge in [0.25, 0.3) is 0 Å². The van der Waals surface area contributed by atoms with Crippen LogP contribution >= 0.6 is 0 Å². The van der Waals surface area contributed by atoms with Gasteiger partial charge in [-0.3, -0.25) is 0 Å². The van der Waals surface area contributed by atoms with Crippen molar-refractivity contribution in [1.29, 1.82) is 0 Å². The number of nitrogens with one attached hydrogen (secondary N) is 1. The fraction of sp³-hybridized carbons (Fsp3) is 0.538. The van der Waals surface area contributed by atoms with Crippen LogP contribution in [0.15, 0.2) is 29.2 Å². The number of hydrogen-bond acceptors (Lipinski definition) is 5. The number of primary sulfonamides is 1. The van der Waals surface area contributed by atoms with Crippen molar-refractivity contribution in [2.75, 3.05) is 18.0 Å². The lowest BCUT2D eigenvalue weighted by Gasteiger charge is -2.18. The zero-order valence-corrected chi connectivity index (χ0v) is 13.6. The summed E-state index contributed by atoms with van der Waals surface area (Å²) in [6.45, 7) is 0.929. The van der Waals surface area contributed by atoms with E-state index in [9.17, 15) is 16.8 Å². The standard InChI is InChI=1S/C13H19N3O4S2/c14-21(17,18)13-7-8-16(9-13)11-3-5-12(6-4-11)22(19,20)15-10-1-2-10/h3-6,10,13,15H,1-2,7-9H2,(H2,14,17,18)/t13-/m1/s1. The summed E-state index contributed by atoms with van der Waals surface area (Å²) < 4.78 is 49.5. The van der Waals surface area contributed by atoms with Crippen LogP contribution < -0.4 is 14.8 Å². The van der Waals surface area contributed by atoms with Crippen molar-refractivity contribution in [3.05, 3.63) is 24.3 Å². The van der Waals surface area contributed by atoms with Crippen LogP contribution in [-0.2, 0) is 20.0 Å². The Morgan fingerprint density at radius 3 is 2.18 bits per heavy atom. The second kappa shape index (κ2) is 5.48. The highest BCUT2D eigenvalue weighted by Crippen LogP contribution is 2.26. The molecule has 9 heteroatoms. The Morgan fingerprint density at radius 2 is 1.68 bits per heavy atom.